The average Bonchev–Trinajstić information content (AvgIpc) is 1.41. The Labute approximate surface area is 28.5 Å². The molecule has 0 aliphatic heterocycles. The van der Waals surface area contributed by atoms with Crippen molar-refractivity contribution >= 4 is 0 Å². The Morgan fingerprint density at radius 2 is 3.25 bits per heavy atom. The van der Waals surface area contributed by atoms with E-state index in [1.54, 1.807) is 6.08 Å². The van der Waals surface area contributed by atoms with Crippen molar-refractivity contribution in [3.8, 4) is 0 Å². The molecule has 0 aromatic rings. The zero-order valence-electron chi connectivity index (χ0n) is 3.86. The molecule has 0 bridgehead atoms. The molecule has 0 saturated heterocycles. The highest BCUT2D eigenvalue weighted by atomic mass is 13.5. The second-order valence-corrected chi connectivity index (χ2v) is 0.644. The van der Waals surface area contributed by atoms with Crippen molar-refractivity contribution in [2.45, 2.75) is 13.3 Å². The summed E-state index contributed by atoms with van der Waals surface area (Å²) in [7, 11) is 0. The zero-order chi connectivity index (χ0) is 4.12. The third kappa shape index (κ3) is 1.74. The molecule has 0 heteroatoms. The molecule has 0 aliphatic carbocycles. The molecule has 0 heterocycles. The fourth-order valence-corrected chi connectivity index (χ4v) is 0. The maximum absolute atomic E-state index is 6.42. The van der Waals surface area contributed by atoms with E-state index >= 15 is 0 Å². The van der Waals surface area contributed by atoms with E-state index in [4.69, 9.17) is 1.37 Å². The van der Waals surface area contributed by atoms with Gasteiger partial charge in [-0.05, 0) is 6.42 Å². The summed E-state index contributed by atoms with van der Waals surface area (Å²) >= 11 is 0. The molecule has 0 fully saturated rings. The van der Waals surface area contributed by atoms with Gasteiger partial charge < -0.3 is 0 Å². The van der Waals surface area contributed by atoms with Gasteiger partial charge in [0.05, 0.1) is 1.37 Å². The van der Waals surface area contributed by atoms with Crippen LogP contribution < -0.4 is 0 Å². The maximum atomic E-state index is 6.42. The third-order valence-electron chi connectivity index (χ3n) is 0.236. The minimum atomic E-state index is 0.976. The van der Waals surface area contributed by atoms with Crippen LogP contribution in [0.25, 0.3) is 0 Å². The van der Waals surface area contributed by atoms with E-state index < -0.39 is 0 Å². The lowest BCUT2D eigenvalue weighted by atomic mass is 10.5. The highest BCUT2D eigenvalue weighted by molar-refractivity contribution is 4.60. The van der Waals surface area contributed by atoms with Crippen LogP contribution in [0.1, 0.15) is 14.7 Å². The SMILES string of the molecule is [2H]C=CCC. The minimum absolute atomic E-state index is 0.976. The van der Waals surface area contributed by atoms with Crippen molar-refractivity contribution in [3.05, 3.63) is 12.6 Å². The van der Waals surface area contributed by atoms with E-state index in [2.05, 4.69) is 0 Å². The van der Waals surface area contributed by atoms with Gasteiger partial charge in [0, 0.05) is 0 Å². The van der Waals surface area contributed by atoms with Crippen LogP contribution >= 0.6 is 0 Å². The molecule has 0 radical (unpaired) electrons. The molecule has 0 aromatic heterocycles. The Hall–Kier alpha value is -0.260. The first kappa shape index (κ1) is 2.01. The van der Waals surface area contributed by atoms with E-state index in [1.807, 2.05) is 6.92 Å². The Balaban J connectivity index is 2.62. The van der Waals surface area contributed by atoms with Crippen LogP contribution in [-0.2, 0) is 0 Å². The van der Waals surface area contributed by atoms with Gasteiger partial charge in [0.15, 0.2) is 0 Å². The first-order chi connectivity index (χ1) is 2.41. The average molecular weight is 57.1 g/mol. The molecule has 4 heavy (non-hydrogen) atoms. The Kier molecular flexibility index (Phi) is 1.38. The van der Waals surface area contributed by atoms with Crippen molar-refractivity contribution in [1.82, 2.24) is 0 Å². The van der Waals surface area contributed by atoms with E-state index in [-0.39, 0.29) is 0 Å². The largest absolute Gasteiger partial charge is 0.103 e. The Bertz CT molecular complexity index is 30.6. The number of hydrogen-bond donors (Lipinski definition) is 0. The summed E-state index contributed by atoms with van der Waals surface area (Å²) in [5, 5.41) is 0. The van der Waals surface area contributed by atoms with Gasteiger partial charge in [-0.2, -0.15) is 0 Å². The zero-order valence-corrected chi connectivity index (χ0v) is 2.86. The molecule has 0 unspecified atom stereocenters. The standard InChI is InChI=1S/C4H8/c1-3-4-2/h3H,1,4H2,2H3/i1D. The Morgan fingerprint density at radius 1 is 2.50 bits per heavy atom. The van der Waals surface area contributed by atoms with E-state index in [0.29, 0.717) is 0 Å². The molecule has 0 atom stereocenters. The number of hydrogen-bond acceptors (Lipinski definition) is 0. The molecular weight excluding hydrogens is 48.0 g/mol. The fourth-order valence-electron chi connectivity index (χ4n) is 0. The van der Waals surface area contributed by atoms with Crippen molar-refractivity contribution in [1.29, 1.82) is 0 Å². The van der Waals surface area contributed by atoms with Crippen LogP contribution in [0, 0.1) is 0 Å². The molecule has 0 amide bonds. The van der Waals surface area contributed by atoms with Gasteiger partial charge in [0.25, 0.3) is 0 Å². The van der Waals surface area contributed by atoms with Gasteiger partial charge in [-0.3, -0.25) is 0 Å². The summed E-state index contributed by atoms with van der Waals surface area (Å²) in [5.41, 5.74) is 0. The molecule has 0 saturated carbocycles. The smallest absolute Gasteiger partial charge is 0.0534 e. The number of allylic oxidation sites excluding steroid dienone is 1. The lowest BCUT2D eigenvalue weighted by Gasteiger charge is -1.57. The molecule has 0 N–H and O–H groups in total. The summed E-state index contributed by atoms with van der Waals surface area (Å²) < 4.78 is 6.42. The highest BCUT2D eigenvalue weighted by Gasteiger charge is 1.45. The van der Waals surface area contributed by atoms with Gasteiger partial charge in [0.1, 0.15) is 0 Å². The second-order valence-electron chi connectivity index (χ2n) is 0.644. The lowest BCUT2D eigenvalue weighted by Crippen LogP contribution is -1.36. The maximum Gasteiger partial charge on any atom is 0.0534 e. The van der Waals surface area contributed by atoms with Crippen molar-refractivity contribution < 1.29 is 1.37 Å². The van der Waals surface area contributed by atoms with Crippen LogP contribution in [0.3, 0.4) is 0 Å². The summed E-state index contributed by atoms with van der Waals surface area (Å²) in [6.45, 7) is 3.31. The minimum Gasteiger partial charge on any atom is -0.103 e. The van der Waals surface area contributed by atoms with Gasteiger partial charge in [-0.1, -0.05) is 13.0 Å². The predicted octanol–water partition coefficient (Wildman–Crippen LogP) is 1.58. The van der Waals surface area contributed by atoms with E-state index in [1.165, 1.54) is 6.55 Å². The molecule has 0 aliphatic rings. The second kappa shape index (κ2) is 2.74. The number of rotatable bonds is 1. The summed E-state index contributed by atoms with van der Waals surface area (Å²) in [6.07, 6.45) is 2.77. The molecule has 0 rings (SSSR count). The first-order valence-electron chi connectivity index (χ1n) is 2.03. The van der Waals surface area contributed by atoms with Crippen LogP contribution in [0.15, 0.2) is 12.6 Å². The molecule has 24 valence electrons. The van der Waals surface area contributed by atoms with Gasteiger partial charge >= 0.3 is 0 Å². The Morgan fingerprint density at radius 3 is 3.25 bits per heavy atom. The highest BCUT2D eigenvalue weighted by Crippen LogP contribution is 1.66. The van der Waals surface area contributed by atoms with Crippen molar-refractivity contribution in [2.75, 3.05) is 0 Å². The molecular formula is C4H8. The van der Waals surface area contributed by atoms with E-state index in [0.717, 1.165) is 6.42 Å². The molecule has 0 aromatic carbocycles. The first-order valence-corrected chi connectivity index (χ1v) is 1.45. The summed E-state index contributed by atoms with van der Waals surface area (Å²) in [4.78, 5) is 0. The molecule has 0 spiro atoms. The van der Waals surface area contributed by atoms with Crippen molar-refractivity contribution in [2.24, 2.45) is 0 Å². The van der Waals surface area contributed by atoms with Crippen LogP contribution in [0.2, 0.25) is 0 Å². The van der Waals surface area contributed by atoms with E-state index in [9.17, 15) is 0 Å². The molecule has 0 nitrogen and oxygen atoms in total. The lowest BCUT2D eigenvalue weighted by molar-refractivity contribution is 1.23. The van der Waals surface area contributed by atoms with Gasteiger partial charge in [-0.15, -0.1) is 6.55 Å². The van der Waals surface area contributed by atoms with Crippen LogP contribution in [0.5, 0.6) is 0 Å². The third-order valence-corrected chi connectivity index (χ3v) is 0.236. The predicted molar refractivity (Wildman–Crippen MR) is 20.5 cm³/mol. The summed E-state index contributed by atoms with van der Waals surface area (Å²) in [6, 6.07) is 0. The van der Waals surface area contributed by atoms with Crippen LogP contribution in [0.4, 0.5) is 0 Å². The topological polar surface area (TPSA) is 0 Å². The van der Waals surface area contributed by atoms with Crippen molar-refractivity contribution in [3.63, 3.8) is 0 Å². The fraction of sp³-hybridized carbons (Fsp3) is 0.500. The van der Waals surface area contributed by atoms with Crippen LogP contribution in [-0.4, -0.2) is 0 Å². The van der Waals surface area contributed by atoms with Gasteiger partial charge in [-0.25, -0.2) is 0 Å². The normalized spacial score (nSPS) is 12.8. The summed E-state index contributed by atoms with van der Waals surface area (Å²) in [5.74, 6) is 0. The van der Waals surface area contributed by atoms with Gasteiger partial charge in [0.2, 0.25) is 0 Å². The monoisotopic (exact) mass is 57.1 g/mol. The quantitative estimate of drug-likeness (QED) is 0.401.